The number of phenolic OH excluding ortho intramolecular Hbond substituents is 1. The second-order valence-corrected chi connectivity index (χ2v) is 4.93. The first-order valence-electron chi connectivity index (χ1n) is 7.02. The topological polar surface area (TPSA) is 71.0 Å². The maximum Gasteiger partial charge on any atom is 0.161 e. The van der Waals surface area contributed by atoms with Crippen LogP contribution in [0.3, 0.4) is 0 Å². The normalized spacial score (nSPS) is 12.0. The molecule has 0 bridgehead atoms. The summed E-state index contributed by atoms with van der Waals surface area (Å²) in [7, 11) is 3.14. The van der Waals surface area contributed by atoms with Gasteiger partial charge in [-0.15, -0.1) is 0 Å². The van der Waals surface area contributed by atoms with Crippen LogP contribution in [-0.4, -0.2) is 31.0 Å². The first kappa shape index (κ1) is 16.1. The second kappa shape index (κ2) is 7.68. The van der Waals surface area contributed by atoms with Crippen molar-refractivity contribution >= 4 is 0 Å². The van der Waals surface area contributed by atoms with E-state index in [1.165, 1.54) is 0 Å². The average Bonchev–Trinajstić information content (AvgIpc) is 2.54. The molecule has 0 aromatic heterocycles. The quantitative estimate of drug-likeness (QED) is 0.732. The van der Waals surface area contributed by atoms with Gasteiger partial charge in [0, 0.05) is 13.1 Å². The molecular formula is C17H21NO4. The summed E-state index contributed by atoms with van der Waals surface area (Å²) in [4.78, 5) is 0. The number of rotatable bonds is 7. The average molecular weight is 303 g/mol. The molecule has 0 aliphatic rings. The number of ether oxygens (including phenoxy) is 2. The van der Waals surface area contributed by atoms with Crippen LogP contribution < -0.4 is 14.8 Å². The van der Waals surface area contributed by atoms with Crippen LogP contribution in [0.5, 0.6) is 17.2 Å². The van der Waals surface area contributed by atoms with E-state index in [0.717, 1.165) is 11.1 Å². The molecule has 0 aliphatic heterocycles. The molecule has 0 heterocycles. The molecule has 5 nitrogen and oxygen atoms in total. The molecule has 1 unspecified atom stereocenters. The summed E-state index contributed by atoms with van der Waals surface area (Å²) in [5.41, 5.74) is 1.71. The van der Waals surface area contributed by atoms with Gasteiger partial charge in [-0.05, 0) is 35.4 Å². The number of aliphatic hydroxyl groups excluding tert-OH is 1. The Kier molecular flexibility index (Phi) is 5.63. The molecule has 3 N–H and O–H groups in total. The van der Waals surface area contributed by atoms with E-state index in [2.05, 4.69) is 5.32 Å². The highest BCUT2D eigenvalue weighted by Crippen LogP contribution is 2.29. The summed E-state index contributed by atoms with van der Waals surface area (Å²) >= 11 is 0. The Balaban J connectivity index is 1.93. The summed E-state index contributed by atoms with van der Waals surface area (Å²) in [5, 5.41) is 22.8. The smallest absolute Gasteiger partial charge is 0.161 e. The summed E-state index contributed by atoms with van der Waals surface area (Å²) < 4.78 is 10.4. The van der Waals surface area contributed by atoms with Gasteiger partial charge in [0.2, 0.25) is 0 Å². The Hall–Kier alpha value is -2.24. The predicted molar refractivity (Wildman–Crippen MR) is 84.3 cm³/mol. The van der Waals surface area contributed by atoms with Crippen molar-refractivity contribution in [3.63, 3.8) is 0 Å². The van der Waals surface area contributed by atoms with Crippen molar-refractivity contribution in [2.45, 2.75) is 12.6 Å². The Morgan fingerprint density at radius 1 is 1.05 bits per heavy atom. The molecular weight excluding hydrogens is 282 g/mol. The minimum Gasteiger partial charge on any atom is -0.508 e. The number of aromatic hydroxyl groups is 1. The van der Waals surface area contributed by atoms with E-state index < -0.39 is 6.10 Å². The molecule has 0 saturated carbocycles. The fourth-order valence-electron chi connectivity index (χ4n) is 2.20. The van der Waals surface area contributed by atoms with Gasteiger partial charge in [-0.1, -0.05) is 18.2 Å². The molecule has 0 amide bonds. The maximum absolute atomic E-state index is 10.2. The molecule has 2 aromatic carbocycles. The number of aliphatic hydroxyl groups is 1. The van der Waals surface area contributed by atoms with Crippen molar-refractivity contribution < 1.29 is 19.7 Å². The molecule has 22 heavy (non-hydrogen) atoms. The highest BCUT2D eigenvalue weighted by molar-refractivity contribution is 5.43. The van der Waals surface area contributed by atoms with Gasteiger partial charge in [-0.2, -0.15) is 0 Å². The molecule has 0 radical (unpaired) electrons. The lowest BCUT2D eigenvalue weighted by molar-refractivity contribution is 0.174. The molecule has 2 rings (SSSR count). The zero-order chi connectivity index (χ0) is 15.9. The number of hydrogen-bond acceptors (Lipinski definition) is 5. The Morgan fingerprint density at radius 2 is 1.82 bits per heavy atom. The Labute approximate surface area is 130 Å². The van der Waals surface area contributed by atoms with E-state index in [4.69, 9.17) is 9.47 Å². The zero-order valence-corrected chi connectivity index (χ0v) is 12.7. The van der Waals surface area contributed by atoms with Crippen LogP contribution >= 0.6 is 0 Å². The molecule has 5 heteroatoms. The first-order chi connectivity index (χ1) is 10.6. The third-order valence-corrected chi connectivity index (χ3v) is 3.37. The van der Waals surface area contributed by atoms with Crippen molar-refractivity contribution in [2.75, 3.05) is 20.8 Å². The largest absolute Gasteiger partial charge is 0.508 e. The third-order valence-electron chi connectivity index (χ3n) is 3.37. The van der Waals surface area contributed by atoms with Gasteiger partial charge in [0.1, 0.15) is 5.75 Å². The van der Waals surface area contributed by atoms with Crippen molar-refractivity contribution in [1.29, 1.82) is 0 Å². The fraction of sp³-hybridized carbons (Fsp3) is 0.294. The summed E-state index contributed by atoms with van der Waals surface area (Å²) in [6.45, 7) is 0.962. The summed E-state index contributed by atoms with van der Waals surface area (Å²) in [5.74, 6) is 1.46. The lowest BCUT2D eigenvalue weighted by atomic mass is 10.1. The van der Waals surface area contributed by atoms with Crippen LogP contribution in [0.25, 0.3) is 0 Å². The minimum absolute atomic E-state index is 0.236. The van der Waals surface area contributed by atoms with Crippen LogP contribution in [0.2, 0.25) is 0 Å². The molecule has 1 atom stereocenters. The lowest BCUT2D eigenvalue weighted by Gasteiger charge is -2.15. The van der Waals surface area contributed by atoms with Crippen molar-refractivity contribution in [2.24, 2.45) is 0 Å². The van der Waals surface area contributed by atoms with Crippen LogP contribution in [0.15, 0.2) is 42.5 Å². The van der Waals surface area contributed by atoms with Crippen LogP contribution in [0, 0.1) is 0 Å². The van der Waals surface area contributed by atoms with E-state index in [1.54, 1.807) is 44.6 Å². The predicted octanol–water partition coefficient (Wildman–Crippen LogP) is 2.23. The van der Waals surface area contributed by atoms with E-state index in [-0.39, 0.29) is 5.75 Å². The van der Waals surface area contributed by atoms with Gasteiger partial charge in [0.15, 0.2) is 11.5 Å². The van der Waals surface area contributed by atoms with Gasteiger partial charge < -0.3 is 25.0 Å². The summed E-state index contributed by atoms with van der Waals surface area (Å²) in [6, 6.07) is 12.4. The molecule has 2 aromatic rings. The SMILES string of the molecule is COc1ccc(C(O)CNCc2cccc(O)c2)cc1OC. The molecule has 0 aliphatic carbocycles. The fourth-order valence-corrected chi connectivity index (χ4v) is 2.20. The monoisotopic (exact) mass is 303 g/mol. The Bertz CT molecular complexity index is 615. The van der Waals surface area contributed by atoms with Crippen molar-refractivity contribution in [3.8, 4) is 17.2 Å². The number of nitrogens with one attached hydrogen (secondary N) is 1. The Morgan fingerprint density at radius 3 is 2.50 bits per heavy atom. The van der Waals surface area contributed by atoms with Gasteiger partial charge in [-0.3, -0.25) is 0 Å². The van der Waals surface area contributed by atoms with Crippen LogP contribution in [0.1, 0.15) is 17.2 Å². The van der Waals surface area contributed by atoms with Crippen molar-refractivity contribution in [1.82, 2.24) is 5.32 Å². The lowest BCUT2D eigenvalue weighted by Crippen LogP contribution is -2.21. The van der Waals surface area contributed by atoms with Gasteiger partial charge in [0.05, 0.1) is 20.3 Å². The number of hydrogen-bond donors (Lipinski definition) is 3. The number of benzene rings is 2. The van der Waals surface area contributed by atoms with Crippen molar-refractivity contribution in [3.05, 3.63) is 53.6 Å². The van der Waals surface area contributed by atoms with Gasteiger partial charge in [-0.25, -0.2) is 0 Å². The van der Waals surface area contributed by atoms with Crippen LogP contribution in [-0.2, 0) is 6.54 Å². The summed E-state index contributed by atoms with van der Waals surface area (Å²) in [6.07, 6.45) is -0.655. The second-order valence-electron chi connectivity index (χ2n) is 4.93. The molecule has 0 saturated heterocycles. The highest BCUT2D eigenvalue weighted by Gasteiger charge is 2.11. The van der Waals surface area contributed by atoms with Gasteiger partial charge in [0.25, 0.3) is 0 Å². The first-order valence-corrected chi connectivity index (χ1v) is 7.02. The minimum atomic E-state index is -0.655. The third kappa shape index (κ3) is 4.13. The van der Waals surface area contributed by atoms with E-state index in [1.807, 2.05) is 12.1 Å². The van der Waals surface area contributed by atoms with Crippen LogP contribution in [0.4, 0.5) is 0 Å². The standard InChI is InChI=1S/C17H21NO4/c1-21-16-7-6-13(9-17(16)22-2)15(20)11-18-10-12-4-3-5-14(19)8-12/h3-9,15,18-20H,10-11H2,1-2H3. The highest BCUT2D eigenvalue weighted by atomic mass is 16.5. The maximum atomic E-state index is 10.2. The van der Waals surface area contributed by atoms with Gasteiger partial charge >= 0.3 is 0 Å². The molecule has 118 valence electrons. The van der Waals surface area contributed by atoms with E-state index in [9.17, 15) is 10.2 Å². The molecule has 0 fully saturated rings. The number of methoxy groups -OCH3 is 2. The molecule has 0 spiro atoms. The number of phenols is 1. The zero-order valence-electron chi connectivity index (χ0n) is 12.7. The van der Waals surface area contributed by atoms with E-state index in [0.29, 0.717) is 24.6 Å². The van der Waals surface area contributed by atoms with E-state index >= 15 is 0 Å².